The fourth-order valence-electron chi connectivity index (χ4n) is 1.51. The number of pyridine rings is 1. The molecule has 1 aromatic heterocycles. The Balaban J connectivity index is 2.33. The van der Waals surface area contributed by atoms with Crippen LogP contribution in [0.25, 0.3) is 0 Å². The maximum absolute atomic E-state index is 12.1. The summed E-state index contributed by atoms with van der Waals surface area (Å²) in [6, 6.07) is 7.16. The number of anilines is 1. The number of aromatic carboxylic acids is 1. The van der Waals surface area contributed by atoms with Gasteiger partial charge in [0.2, 0.25) is 0 Å². The van der Waals surface area contributed by atoms with Crippen LogP contribution >= 0.6 is 39.1 Å². The van der Waals surface area contributed by atoms with Crippen LogP contribution in [0.3, 0.4) is 0 Å². The summed E-state index contributed by atoms with van der Waals surface area (Å²) >= 11 is 14.8. The summed E-state index contributed by atoms with van der Waals surface area (Å²) in [4.78, 5) is 26.9. The summed E-state index contributed by atoms with van der Waals surface area (Å²) in [5.41, 5.74) is 0.285. The van der Waals surface area contributed by atoms with Gasteiger partial charge in [-0.15, -0.1) is 0 Å². The number of rotatable bonds is 3. The number of carboxylic acids is 1. The number of carbonyl (C=O) groups excluding carboxylic acids is 1. The van der Waals surface area contributed by atoms with Crippen LogP contribution in [0.4, 0.5) is 5.69 Å². The van der Waals surface area contributed by atoms with Crippen molar-refractivity contribution in [3.05, 3.63) is 56.2 Å². The molecule has 2 N–H and O–H groups in total. The third-order valence-electron chi connectivity index (χ3n) is 2.49. The van der Waals surface area contributed by atoms with Gasteiger partial charge in [-0.25, -0.2) is 9.78 Å². The monoisotopic (exact) mass is 388 g/mol. The molecule has 108 valence electrons. The summed E-state index contributed by atoms with van der Waals surface area (Å²) < 4.78 is 0.527. The number of carbonyl (C=O) groups is 2. The van der Waals surface area contributed by atoms with Crippen LogP contribution in [0.2, 0.25) is 10.2 Å². The van der Waals surface area contributed by atoms with Crippen LogP contribution in [-0.4, -0.2) is 22.0 Å². The maximum Gasteiger partial charge on any atom is 0.335 e. The molecular weight excluding hydrogens is 383 g/mol. The second kappa shape index (κ2) is 6.43. The van der Waals surface area contributed by atoms with Gasteiger partial charge in [-0.2, -0.15) is 0 Å². The lowest BCUT2D eigenvalue weighted by molar-refractivity contribution is 0.0696. The van der Waals surface area contributed by atoms with Gasteiger partial charge in [0.15, 0.2) is 0 Å². The first kappa shape index (κ1) is 15.8. The van der Waals surface area contributed by atoms with E-state index in [0.29, 0.717) is 4.47 Å². The summed E-state index contributed by atoms with van der Waals surface area (Å²) in [6.45, 7) is 0. The topological polar surface area (TPSA) is 79.3 Å². The first-order valence-corrected chi connectivity index (χ1v) is 7.09. The Morgan fingerprint density at radius 1 is 1.19 bits per heavy atom. The number of aromatic nitrogens is 1. The fourth-order valence-corrected chi connectivity index (χ4v) is 2.20. The van der Waals surface area contributed by atoms with E-state index in [1.807, 2.05) is 0 Å². The van der Waals surface area contributed by atoms with Gasteiger partial charge in [-0.1, -0.05) is 23.2 Å². The van der Waals surface area contributed by atoms with Gasteiger partial charge in [-0.3, -0.25) is 4.79 Å². The minimum atomic E-state index is -1.10. The molecule has 2 rings (SSSR count). The lowest BCUT2D eigenvalue weighted by Gasteiger charge is -2.09. The van der Waals surface area contributed by atoms with Gasteiger partial charge in [0.1, 0.15) is 10.8 Å². The average Bonchev–Trinajstić information content (AvgIpc) is 2.43. The number of amides is 1. The van der Waals surface area contributed by atoms with Gasteiger partial charge in [0, 0.05) is 4.47 Å². The number of halogens is 3. The Bertz CT molecular complexity index is 737. The van der Waals surface area contributed by atoms with E-state index < -0.39 is 11.9 Å². The summed E-state index contributed by atoms with van der Waals surface area (Å²) in [5, 5.41) is 11.8. The van der Waals surface area contributed by atoms with Gasteiger partial charge in [-0.05, 0) is 46.3 Å². The lowest BCUT2D eigenvalue weighted by atomic mass is 10.2. The molecule has 0 spiro atoms. The SMILES string of the molecule is O=C(O)c1ccc(Br)c(NC(=O)c2nc(Cl)ccc2Cl)c1. The Morgan fingerprint density at radius 2 is 1.90 bits per heavy atom. The number of nitrogens with one attached hydrogen (secondary N) is 1. The average molecular weight is 390 g/mol. The normalized spacial score (nSPS) is 10.2. The predicted molar refractivity (Wildman–Crippen MR) is 83.3 cm³/mol. The Hall–Kier alpha value is -1.63. The van der Waals surface area contributed by atoms with Crippen LogP contribution in [-0.2, 0) is 0 Å². The van der Waals surface area contributed by atoms with E-state index in [-0.39, 0.29) is 27.1 Å². The molecule has 0 aliphatic rings. The van der Waals surface area contributed by atoms with E-state index in [0.717, 1.165) is 0 Å². The highest BCUT2D eigenvalue weighted by Crippen LogP contribution is 2.25. The van der Waals surface area contributed by atoms with Crippen molar-refractivity contribution in [2.24, 2.45) is 0 Å². The Labute approximate surface area is 138 Å². The van der Waals surface area contributed by atoms with Crippen molar-refractivity contribution in [2.75, 3.05) is 5.32 Å². The first-order valence-electron chi connectivity index (χ1n) is 5.54. The van der Waals surface area contributed by atoms with Crippen LogP contribution in [0.15, 0.2) is 34.8 Å². The molecule has 0 aliphatic carbocycles. The number of nitrogens with zero attached hydrogens (tertiary/aromatic N) is 1. The zero-order valence-electron chi connectivity index (χ0n) is 10.2. The van der Waals surface area contributed by atoms with Gasteiger partial charge in [0.25, 0.3) is 5.91 Å². The number of hydrogen-bond donors (Lipinski definition) is 2. The molecule has 0 unspecified atom stereocenters. The Morgan fingerprint density at radius 3 is 2.57 bits per heavy atom. The molecule has 8 heteroatoms. The van der Waals surface area contributed by atoms with Crippen molar-refractivity contribution in [1.29, 1.82) is 0 Å². The minimum Gasteiger partial charge on any atom is -0.478 e. The standard InChI is InChI=1S/C13H7BrCl2N2O3/c14-7-2-1-6(13(20)21)5-9(7)17-12(19)11-8(15)3-4-10(16)18-11/h1-5H,(H,17,19)(H,20,21). The summed E-state index contributed by atoms with van der Waals surface area (Å²) in [5.74, 6) is -1.69. The highest BCUT2D eigenvalue weighted by atomic mass is 79.9. The molecule has 0 bridgehead atoms. The van der Waals surface area contributed by atoms with Crippen molar-refractivity contribution < 1.29 is 14.7 Å². The van der Waals surface area contributed by atoms with Crippen molar-refractivity contribution >= 4 is 56.7 Å². The number of hydrogen-bond acceptors (Lipinski definition) is 3. The molecule has 0 aliphatic heterocycles. The molecule has 0 saturated heterocycles. The summed E-state index contributed by atoms with van der Waals surface area (Å²) in [7, 11) is 0. The molecule has 0 fully saturated rings. The first-order chi connectivity index (χ1) is 9.88. The highest BCUT2D eigenvalue weighted by molar-refractivity contribution is 9.10. The molecule has 21 heavy (non-hydrogen) atoms. The molecule has 0 radical (unpaired) electrons. The largest absolute Gasteiger partial charge is 0.478 e. The molecule has 1 aromatic carbocycles. The third kappa shape index (κ3) is 3.72. The predicted octanol–water partition coefficient (Wildman–Crippen LogP) is 4.10. The molecule has 5 nitrogen and oxygen atoms in total. The number of carboxylic acid groups (broad SMARTS) is 1. The van der Waals surface area contributed by atoms with E-state index in [9.17, 15) is 9.59 Å². The molecule has 2 aromatic rings. The van der Waals surface area contributed by atoms with Crippen molar-refractivity contribution in [3.8, 4) is 0 Å². The van der Waals surface area contributed by atoms with Crippen molar-refractivity contribution in [3.63, 3.8) is 0 Å². The van der Waals surface area contributed by atoms with Gasteiger partial charge >= 0.3 is 5.97 Å². The number of benzene rings is 1. The van der Waals surface area contributed by atoms with Gasteiger partial charge < -0.3 is 10.4 Å². The second-order valence-electron chi connectivity index (χ2n) is 3.92. The molecule has 1 amide bonds. The summed E-state index contributed by atoms with van der Waals surface area (Å²) in [6.07, 6.45) is 0. The van der Waals surface area contributed by atoms with Crippen molar-refractivity contribution in [1.82, 2.24) is 4.98 Å². The van der Waals surface area contributed by atoms with E-state index in [1.165, 1.54) is 30.3 Å². The Kier molecular flexibility index (Phi) is 4.82. The van der Waals surface area contributed by atoms with Crippen LogP contribution in [0.1, 0.15) is 20.8 Å². The quantitative estimate of drug-likeness (QED) is 0.774. The van der Waals surface area contributed by atoms with Crippen molar-refractivity contribution in [2.45, 2.75) is 0 Å². The molecule has 0 atom stereocenters. The van der Waals surface area contributed by atoms with E-state index in [1.54, 1.807) is 0 Å². The second-order valence-corrected chi connectivity index (χ2v) is 5.57. The van der Waals surface area contributed by atoms with Crippen LogP contribution in [0.5, 0.6) is 0 Å². The molecule has 0 saturated carbocycles. The van der Waals surface area contributed by atoms with Crippen LogP contribution in [0, 0.1) is 0 Å². The zero-order valence-corrected chi connectivity index (χ0v) is 13.3. The highest BCUT2D eigenvalue weighted by Gasteiger charge is 2.15. The van der Waals surface area contributed by atoms with E-state index in [4.69, 9.17) is 28.3 Å². The fraction of sp³-hybridized carbons (Fsp3) is 0. The maximum atomic E-state index is 12.1. The minimum absolute atomic E-state index is 0.0404. The molecule has 1 heterocycles. The zero-order chi connectivity index (χ0) is 15.6. The van der Waals surface area contributed by atoms with E-state index >= 15 is 0 Å². The van der Waals surface area contributed by atoms with Gasteiger partial charge in [0.05, 0.1) is 16.3 Å². The third-order valence-corrected chi connectivity index (χ3v) is 3.70. The van der Waals surface area contributed by atoms with E-state index in [2.05, 4.69) is 26.2 Å². The molecular formula is C13H7BrCl2N2O3. The van der Waals surface area contributed by atoms with Crippen LogP contribution < -0.4 is 5.32 Å². The lowest BCUT2D eigenvalue weighted by Crippen LogP contribution is -2.15. The smallest absolute Gasteiger partial charge is 0.335 e.